The first-order valence-corrected chi connectivity index (χ1v) is 9.14. The largest absolute Gasteiger partial charge is 0.338 e. The van der Waals surface area contributed by atoms with Crippen LogP contribution in [-0.2, 0) is 24.2 Å². The van der Waals surface area contributed by atoms with Crippen LogP contribution in [0.25, 0.3) is 5.69 Å². The van der Waals surface area contributed by atoms with E-state index in [0.29, 0.717) is 19.5 Å². The molecule has 5 rings (SSSR count). The van der Waals surface area contributed by atoms with Gasteiger partial charge in [0.25, 0.3) is 0 Å². The summed E-state index contributed by atoms with van der Waals surface area (Å²) in [5.74, 6) is 2.22. The van der Waals surface area contributed by atoms with Crippen molar-refractivity contribution in [2.24, 2.45) is 0 Å². The predicted molar refractivity (Wildman–Crippen MR) is 98.0 cm³/mol. The standard InChI is InChI=1S/C21H20N4O/c26-20-12-17(14-24(20)13-15-6-2-1-3-7-15)21-23-22-19-11-10-16-8-4-5-9-18(16)25(19)21/h1-9,17H,10-14H2. The molecule has 0 saturated carbocycles. The Morgan fingerprint density at radius 2 is 1.77 bits per heavy atom. The molecule has 1 unspecified atom stereocenters. The maximum atomic E-state index is 12.6. The number of amides is 1. The molecule has 130 valence electrons. The van der Waals surface area contributed by atoms with Gasteiger partial charge in [0.05, 0.1) is 5.69 Å². The summed E-state index contributed by atoms with van der Waals surface area (Å²) < 4.78 is 2.18. The molecular formula is C21H20N4O. The average Bonchev–Trinajstić information content (AvgIpc) is 3.26. The lowest BCUT2D eigenvalue weighted by Crippen LogP contribution is -2.24. The fraction of sp³-hybridized carbons (Fsp3) is 0.286. The lowest BCUT2D eigenvalue weighted by Gasteiger charge is -2.21. The quantitative estimate of drug-likeness (QED) is 0.734. The van der Waals surface area contributed by atoms with E-state index in [1.165, 1.54) is 11.3 Å². The SMILES string of the molecule is O=C1CC(c2nnc3n2-c2ccccc2CC3)CN1Cc1ccccc1. The monoisotopic (exact) mass is 344 g/mol. The topological polar surface area (TPSA) is 51.0 Å². The van der Waals surface area contributed by atoms with E-state index in [-0.39, 0.29) is 11.8 Å². The number of nitrogens with zero attached hydrogens (tertiary/aromatic N) is 4. The van der Waals surface area contributed by atoms with Crippen LogP contribution in [0.15, 0.2) is 54.6 Å². The third-order valence-corrected chi connectivity index (χ3v) is 5.40. The number of benzene rings is 2. The Kier molecular flexibility index (Phi) is 3.59. The van der Waals surface area contributed by atoms with Crippen molar-refractivity contribution < 1.29 is 4.79 Å². The molecule has 2 aliphatic rings. The van der Waals surface area contributed by atoms with Crippen molar-refractivity contribution in [3.63, 3.8) is 0 Å². The van der Waals surface area contributed by atoms with Crippen molar-refractivity contribution in [2.45, 2.75) is 31.7 Å². The summed E-state index contributed by atoms with van der Waals surface area (Å²) in [5, 5.41) is 8.91. The first-order chi connectivity index (χ1) is 12.8. The lowest BCUT2D eigenvalue weighted by atomic mass is 10.0. The van der Waals surface area contributed by atoms with Crippen LogP contribution in [0.4, 0.5) is 0 Å². The van der Waals surface area contributed by atoms with Crippen molar-refractivity contribution in [3.05, 3.63) is 77.4 Å². The number of hydrogen-bond acceptors (Lipinski definition) is 3. The Morgan fingerprint density at radius 3 is 2.65 bits per heavy atom. The van der Waals surface area contributed by atoms with E-state index in [4.69, 9.17) is 0 Å². The van der Waals surface area contributed by atoms with Gasteiger partial charge in [-0.25, -0.2) is 0 Å². The number of likely N-dealkylation sites (tertiary alicyclic amines) is 1. The number of hydrogen-bond donors (Lipinski definition) is 0. The van der Waals surface area contributed by atoms with Crippen molar-refractivity contribution in [1.82, 2.24) is 19.7 Å². The van der Waals surface area contributed by atoms with Gasteiger partial charge in [0.2, 0.25) is 5.91 Å². The molecule has 5 nitrogen and oxygen atoms in total. The van der Waals surface area contributed by atoms with Gasteiger partial charge in [-0.05, 0) is 23.6 Å². The molecule has 1 amide bonds. The second kappa shape index (κ2) is 6.09. The molecule has 3 heterocycles. The van der Waals surface area contributed by atoms with E-state index in [9.17, 15) is 4.79 Å². The summed E-state index contributed by atoms with van der Waals surface area (Å²) in [6, 6.07) is 18.6. The molecule has 3 aromatic rings. The summed E-state index contributed by atoms with van der Waals surface area (Å²) in [5.41, 5.74) is 3.66. The third-order valence-electron chi connectivity index (χ3n) is 5.40. The van der Waals surface area contributed by atoms with Crippen LogP contribution >= 0.6 is 0 Å². The molecule has 0 radical (unpaired) electrons. The highest BCUT2D eigenvalue weighted by molar-refractivity contribution is 5.79. The van der Waals surface area contributed by atoms with Gasteiger partial charge in [0.15, 0.2) is 0 Å². The minimum Gasteiger partial charge on any atom is -0.338 e. The van der Waals surface area contributed by atoms with Gasteiger partial charge in [-0.3, -0.25) is 9.36 Å². The molecule has 0 spiro atoms. The summed E-state index contributed by atoms with van der Waals surface area (Å²) >= 11 is 0. The smallest absolute Gasteiger partial charge is 0.223 e. The normalized spacial score (nSPS) is 18.7. The lowest BCUT2D eigenvalue weighted by molar-refractivity contribution is -0.128. The van der Waals surface area contributed by atoms with Crippen molar-refractivity contribution in [1.29, 1.82) is 0 Å². The van der Waals surface area contributed by atoms with Crippen LogP contribution in [0.1, 0.15) is 35.1 Å². The summed E-state index contributed by atoms with van der Waals surface area (Å²) in [6.07, 6.45) is 2.41. The van der Waals surface area contributed by atoms with Gasteiger partial charge in [-0.15, -0.1) is 10.2 Å². The van der Waals surface area contributed by atoms with E-state index in [1.807, 2.05) is 23.1 Å². The average molecular weight is 344 g/mol. The molecule has 1 aromatic heterocycles. The van der Waals surface area contributed by atoms with E-state index < -0.39 is 0 Å². The summed E-state index contributed by atoms with van der Waals surface area (Å²) in [4.78, 5) is 14.5. The molecule has 1 atom stereocenters. The minimum atomic E-state index is 0.0959. The van der Waals surface area contributed by atoms with E-state index in [0.717, 1.165) is 30.1 Å². The van der Waals surface area contributed by atoms with Crippen LogP contribution in [0.3, 0.4) is 0 Å². The number of carbonyl (C=O) groups is 1. The van der Waals surface area contributed by atoms with Crippen LogP contribution < -0.4 is 0 Å². The molecule has 26 heavy (non-hydrogen) atoms. The molecule has 0 aliphatic carbocycles. The molecule has 2 aromatic carbocycles. The number of fused-ring (bicyclic) bond motifs is 3. The molecule has 5 heteroatoms. The Hall–Kier alpha value is -2.95. The maximum absolute atomic E-state index is 12.6. The highest BCUT2D eigenvalue weighted by Crippen LogP contribution is 2.33. The maximum Gasteiger partial charge on any atom is 0.223 e. The minimum absolute atomic E-state index is 0.0959. The molecule has 2 aliphatic heterocycles. The zero-order chi connectivity index (χ0) is 17.5. The van der Waals surface area contributed by atoms with Gasteiger partial charge >= 0.3 is 0 Å². The van der Waals surface area contributed by atoms with Crippen LogP contribution in [0.5, 0.6) is 0 Å². The second-order valence-corrected chi connectivity index (χ2v) is 7.10. The summed E-state index contributed by atoms with van der Waals surface area (Å²) in [7, 11) is 0. The number of aromatic nitrogens is 3. The molecule has 1 fully saturated rings. The van der Waals surface area contributed by atoms with Crippen LogP contribution in [0.2, 0.25) is 0 Å². The number of rotatable bonds is 3. The Bertz CT molecular complexity index is 963. The Morgan fingerprint density at radius 1 is 0.962 bits per heavy atom. The van der Waals surface area contributed by atoms with Gasteiger partial charge in [-0.2, -0.15) is 0 Å². The van der Waals surface area contributed by atoms with E-state index in [1.54, 1.807) is 0 Å². The van der Waals surface area contributed by atoms with Crippen molar-refractivity contribution >= 4 is 5.91 Å². The summed E-state index contributed by atoms with van der Waals surface area (Å²) in [6.45, 7) is 1.36. The van der Waals surface area contributed by atoms with Gasteiger partial charge in [0, 0.05) is 31.8 Å². The fourth-order valence-electron chi connectivity index (χ4n) is 4.11. The molecular weight excluding hydrogens is 324 g/mol. The van der Waals surface area contributed by atoms with Gasteiger partial charge in [-0.1, -0.05) is 48.5 Å². The molecule has 0 bridgehead atoms. The van der Waals surface area contributed by atoms with Crippen molar-refractivity contribution in [2.75, 3.05) is 6.54 Å². The first kappa shape index (κ1) is 15.3. The predicted octanol–water partition coefficient (Wildman–Crippen LogP) is 2.88. The molecule has 0 N–H and O–H groups in total. The highest BCUT2D eigenvalue weighted by atomic mass is 16.2. The number of aryl methyl sites for hydroxylation is 2. The van der Waals surface area contributed by atoms with Gasteiger partial charge in [0.1, 0.15) is 11.6 Å². The number of para-hydroxylation sites is 1. The van der Waals surface area contributed by atoms with E-state index >= 15 is 0 Å². The van der Waals surface area contributed by atoms with Gasteiger partial charge < -0.3 is 4.90 Å². The Labute approximate surface area is 152 Å². The van der Waals surface area contributed by atoms with Crippen LogP contribution in [-0.4, -0.2) is 32.1 Å². The van der Waals surface area contributed by atoms with Crippen molar-refractivity contribution in [3.8, 4) is 5.69 Å². The van der Waals surface area contributed by atoms with Crippen LogP contribution in [0, 0.1) is 0 Å². The first-order valence-electron chi connectivity index (χ1n) is 9.14. The van der Waals surface area contributed by atoms with E-state index in [2.05, 4.69) is 51.2 Å². The molecule has 1 saturated heterocycles. The Balaban J connectivity index is 1.44. The zero-order valence-corrected chi connectivity index (χ0v) is 14.5. The third kappa shape index (κ3) is 2.51. The number of carbonyl (C=O) groups excluding carboxylic acids is 1. The highest BCUT2D eigenvalue weighted by Gasteiger charge is 2.35. The second-order valence-electron chi connectivity index (χ2n) is 7.10. The fourth-order valence-corrected chi connectivity index (χ4v) is 4.11. The zero-order valence-electron chi connectivity index (χ0n) is 14.5.